The van der Waals surface area contributed by atoms with E-state index in [4.69, 9.17) is 4.74 Å². The molecule has 16 heavy (non-hydrogen) atoms. The maximum atomic E-state index is 9.74. The van der Waals surface area contributed by atoms with E-state index < -0.39 is 0 Å². The van der Waals surface area contributed by atoms with Crippen LogP contribution in [0.25, 0.3) is 0 Å². The first-order valence-electron chi connectivity index (χ1n) is 6.69. The van der Waals surface area contributed by atoms with Crippen molar-refractivity contribution in [2.75, 3.05) is 19.8 Å². The fourth-order valence-corrected chi connectivity index (χ4v) is 2.09. The van der Waals surface area contributed by atoms with Gasteiger partial charge in [-0.15, -0.1) is 0 Å². The van der Waals surface area contributed by atoms with Crippen molar-refractivity contribution in [3.05, 3.63) is 0 Å². The minimum absolute atomic E-state index is 0.149. The Morgan fingerprint density at radius 3 is 2.69 bits per heavy atom. The number of aliphatic hydroxyl groups excluding tert-OH is 1. The van der Waals surface area contributed by atoms with Crippen LogP contribution in [0.4, 0.5) is 0 Å². The number of hydrogen-bond acceptors (Lipinski definition) is 3. The molecule has 3 nitrogen and oxygen atoms in total. The van der Waals surface area contributed by atoms with Crippen molar-refractivity contribution >= 4 is 0 Å². The lowest BCUT2D eigenvalue weighted by Crippen LogP contribution is -2.43. The van der Waals surface area contributed by atoms with Crippen LogP contribution in [-0.2, 0) is 4.74 Å². The standard InChI is InChI=1S/C13H27NO2/c1-11(2)7-9-16-10-8-14-12-5-3-4-6-13(12)15/h11-15H,3-10H2,1-2H3/t12-,13-/m1/s1. The van der Waals surface area contributed by atoms with Gasteiger partial charge in [-0.2, -0.15) is 0 Å². The number of ether oxygens (including phenoxy) is 1. The molecule has 0 aliphatic heterocycles. The van der Waals surface area contributed by atoms with Crippen molar-refractivity contribution in [1.82, 2.24) is 5.32 Å². The van der Waals surface area contributed by atoms with E-state index in [0.29, 0.717) is 12.0 Å². The summed E-state index contributed by atoms with van der Waals surface area (Å²) in [6, 6.07) is 0.294. The zero-order valence-electron chi connectivity index (χ0n) is 10.7. The predicted molar refractivity (Wildman–Crippen MR) is 66.5 cm³/mol. The molecular formula is C13H27NO2. The van der Waals surface area contributed by atoms with Gasteiger partial charge in [-0.05, 0) is 25.2 Å². The molecule has 1 fully saturated rings. The van der Waals surface area contributed by atoms with Crippen molar-refractivity contribution in [3.63, 3.8) is 0 Å². The van der Waals surface area contributed by atoms with Crippen molar-refractivity contribution < 1.29 is 9.84 Å². The van der Waals surface area contributed by atoms with Crippen LogP contribution in [0.15, 0.2) is 0 Å². The van der Waals surface area contributed by atoms with Crippen LogP contribution in [0, 0.1) is 5.92 Å². The van der Waals surface area contributed by atoms with Crippen LogP contribution in [0.2, 0.25) is 0 Å². The van der Waals surface area contributed by atoms with Gasteiger partial charge in [0.25, 0.3) is 0 Å². The molecule has 0 aromatic carbocycles. The largest absolute Gasteiger partial charge is 0.392 e. The molecule has 0 aromatic heterocycles. The lowest BCUT2D eigenvalue weighted by molar-refractivity contribution is 0.0786. The molecule has 0 amide bonds. The third-order valence-electron chi connectivity index (χ3n) is 3.22. The lowest BCUT2D eigenvalue weighted by atomic mass is 9.93. The summed E-state index contributed by atoms with van der Waals surface area (Å²) in [5, 5.41) is 13.1. The molecule has 1 rings (SSSR count). The SMILES string of the molecule is CC(C)CCOCCN[C@@H]1CCCC[C@H]1O. The molecule has 0 radical (unpaired) electrons. The van der Waals surface area contributed by atoms with Crippen molar-refractivity contribution in [1.29, 1.82) is 0 Å². The molecule has 0 bridgehead atoms. The quantitative estimate of drug-likeness (QED) is 0.656. The molecule has 0 spiro atoms. The molecule has 1 aliphatic carbocycles. The molecule has 2 N–H and O–H groups in total. The number of aliphatic hydroxyl groups is 1. The van der Waals surface area contributed by atoms with Crippen molar-refractivity contribution in [3.8, 4) is 0 Å². The van der Waals surface area contributed by atoms with Gasteiger partial charge < -0.3 is 15.2 Å². The lowest BCUT2D eigenvalue weighted by Gasteiger charge is -2.28. The fraction of sp³-hybridized carbons (Fsp3) is 1.00. The normalized spacial score (nSPS) is 26.2. The Balaban J connectivity index is 1.94. The molecular weight excluding hydrogens is 202 g/mol. The number of rotatable bonds is 7. The van der Waals surface area contributed by atoms with E-state index in [9.17, 15) is 5.11 Å². The van der Waals surface area contributed by atoms with Gasteiger partial charge in [0.2, 0.25) is 0 Å². The Labute approximate surface area is 99.6 Å². The minimum atomic E-state index is -0.149. The summed E-state index contributed by atoms with van der Waals surface area (Å²) in [4.78, 5) is 0. The van der Waals surface area contributed by atoms with Gasteiger partial charge >= 0.3 is 0 Å². The summed E-state index contributed by atoms with van der Waals surface area (Å²) in [6.45, 7) is 6.89. The summed E-state index contributed by atoms with van der Waals surface area (Å²) < 4.78 is 5.53. The maximum absolute atomic E-state index is 9.74. The van der Waals surface area contributed by atoms with E-state index in [-0.39, 0.29) is 6.10 Å². The van der Waals surface area contributed by atoms with Gasteiger partial charge in [0.05, 0.1) is 12.7 Å². The zero-order chi connectivity index (χ0) is 11.8. The smallest absolute Gasteiger partial charge is 0.0693 e. The second-order valence-electron chi connectivity index (χ2n) is 5.21. The first kappa shape index (κ1) is 13.9. The van der Waals surface area contributed by atoms with Crippen LogP contribution in [0.3, 0.4) is 0 Å². The van der Waals surface area contributed by atoms with E-state index in [1.54, 1.807) is 0 Å². The molecule has 1 saturated carbocycles. The topological polar surface area (TPSA) is 41.5 Å². The highest BCUT2D eigenvalue weighted by atomic mass is 16.5. The Hall–Kier alpha value is -0.120. The minimum Gasteiger partial charge on any atom is -0.392 e. The average molecular weight is 229 g/mol. The summed E-state index contributed by atoms with van der Waals surface area (Å²) in [6.07, 6.45) is 5.45. The Morgan fingerprint density at radius 1 is 1.25 bits per heavy atom. The monoisotopic (exact) mass is 229 g/mol. The number of hydrogen-bond donors (Lipinski definition) is 2. The summed E-state index contributed by atoms with van der Waals surface area (Å²) in [5.41, 5.74) is 0. The first-order chi connectivity index (χ1) is 7.70. The molecule has 96 valence electrons. The first-order valence-corrected chi connectivity index (χ1v) is 6.69. The van der Waals surface area contributed by atoms with E-state index >= 15 is 0 Å². The molecule has 3 heteroatoms. The van der Waals surface area contributed by atoms with Crippen LogP contribution >= 0.6 is 0 Å². The van der Waals surface area contributed by atoms with E-state index in [2.05, 4.69) is 19.2 Å². The fourth-order valence-electron chi connectivity index (χ4n) is 2.09. The van der Waals surface area contributed by atoms with Crippen molar-refractivity contribution in [2.24, 2.45) is 5.92 Å². The second kappa shape index (κ2) is 8.04. The third kappa shape index (κ3) is 5.83. The zero-order valence-corrected chi connectivity index (χ0v) is 10.7. The van der Waals surface area contributed by atoms with E-state index in [0.717, 1.165) is 39.0 Å². The highest BCUT2D eigenvalue weighted by Crippen LogP contribution is 2.17. The van der Waals surface area contributed by atoms with Gasteiger partial charge in [0, 0.05) is 19.2 Å². The maximum Gasteiger partial charge on any atom is 0.0693 e. The van der Waals surface area contributed by atoms with E-state index in [1.807, 2.05) is 0 Å². The Bertz CT molecular complexity index is 173. The van der Waals surface area contributed by atoms with Gasteiger partial charge in [0.1, 0.15) is 0 Å². The Kier molecular flexibility index (Phi) is 7.01. The van der Waals surface area contributed by atoms with Crippen LogP contribution in [0.1, 0.15) is 46.0 Å². The van der Waals surface area contributed by atoms with Gasteiger partial charge in [-0.1, -0.05) is 26.7 Å². The molecule has 1 aliphatic rings. The van der Waals surface area contributed by atoms with Crippen LogP contribution in [0.5, 0.6) is 0 Å². The van der Waals surface area contributed by atoms with Crippen molar-refractivity contribution in [2.45, 2.75) is 58.1 Å². The molecule has 0 unspecified atom stereocenters. The predicted octanol–water partition coefficient (Wildman–Crippen LogP) is 1.94. The second-order valence-corrected chi connectivity index (χ2v) is 5.21. The summed E-state index contributed by atoms with van der Waals surface area (Å²) in [7, 11) is 0. The van der Waals surface area contributed by atoms with Gasteiger partial charge in [-0.25, -0.2) is 0 Å². The van der Waals surface area contributed by atoms with Crippen LogP contribution < -0.4 is 5.32 Å². The average Bonchev–Trinajstić information content (AvgIpc) is 2.25. The highest BCUT2D eigenvalue weighted by Gasteiger charge is 2.21. The Morgan fingerprint density at radius 2 is 2.00 bits per heavy atom. The summed E-state index contributed by atoms with van der Waals surface area (Å²) >= 11 is 0. The van der Waals surface area contributed by atoms with Crippen LogP contribution in [-0.4, -0.2) is 37.0 Å². The van der Waals surface area contributed by atoms with Gasteiger partial charge in [-0.3, -0.25) is 0 Å². The highest BCUT2D eigenvalue weighted by molar-refractivity contribution is 4.79. The third-order valence-corrected chi connectivity index (χ3v) is 3.22. The molecule has 0 aromatic rings. The summed E-state index contributed by atoms with van der Waals surface area (Å²) in [5.74, 6) is 0.716. The molecule has 0 saturated heterocycles. The van der Waals surface area contributed by atoms with Gasteiger partial charge in [0.15, 0.2) is 0 Å². The molecule has 0 heterocycles. The molecule has 2 atom stereocenters. The number of nitrogens with one attached hydrogen (secondary N) is 1. The van der Waals surface area contributed by atoms with E-state index in [1.165, 1.54) is 12.8 Å².